The third-order valence-electron chi connectivity index (χ3n) is 4.84. The highest BCUT2D eigenvalue weighted by Crippen LogP contribution is 2.33. The van der Waals surface area contributed by atoms with E-state index in [1.165, 1.54) is 12.1 Å². The van der Waals surface area contributed by atoms with E-state index in [-0.39, 0.29) is 11.9 Å². The average molecular weight is 352 g/mol. The van der Waals surface area contributed by atoms with Crippen molar-refractivity contribution in [2.24, 2.45) is 5.73 Å². The van der Waals surface area contributed by atoms with Crippen molar-refractivity contribution in [1.82, 2.24) is 15.0 Å². The first kappa shape index (κ1) is 16.9. The number of nitrogens with zero attached hydrogens (tertiary/aromatic N) is 3. The normalized spacial score (nSPS) is 17.7. The Hall–Kier alpha value is -2.57. The van der Waals surface area contributed by atoms with Crippen molar-refractivity contribution in [2.75, 3.05) is 6.54 Å². The molecule has 6 heteroatoms. The van der Waals surface area contributed by atoms with E-state index in [9.17, 15) is 4.39 Å². The first-order chi connectivity index (χ1) is 12.7. The number of aromatic nitrogens is 2. The van der Waals surface area contributed by atoms with Crippen molar-refractivity contribution < 1.29 is 8.91 Å². The second-order valence-corrected chi connectivity index (χ2v) is 6.61. The lowest BCUT2D eigenvalue weighted by Gasteiger charge is -2.21. The number of likely N-dealkylation sites (tertiary alicyclic amines) is 1. The first-order valence-electron chi connectivity index (χ1n) is 8.84. The van der Waals surface area contributed by atoms with E-state index in [0.717, 1.165) is 42.6 Å². The van der Waals surface area contributed by atoms with E-state index < -0.39 is 0 Å². The van der Waals surface area contributed by atoms with Gasteiger partial charge in [0.05, 0.1) is 6.04 Å². The predicted molar refractivity (Wildman–Crippen MR) is 96.4 cm³/mol. The van der Waals surface area contributed by atoms with Crippen LogP contribution in [0.5, 0.6) is 0 Å². The van der Waals surface area contributed by atoms with Crippen LogP contribution in [0, 0.1) is 5.82 Å². The molecule has 1 aliphatic heterocycles. The molecule has 134 valence electrons. The molecule has 26 heavy (non-hydrogen) atoms. The largest absolute Gasteiger partial charge is 0.337 e. The third-order valence-corrected chi connectivity index (χ3v) is 4.84. The fourth-order valence-corrected chi connectivity index (χ4v) is 3.40. The maximum absolute atomic E-state index is 13.1. The summed E-state index contributed by atoms with van der Waals surface area (Å²) in [6, 6.07) is 14.6. The van der Waals surface area contributed by atoms with Gasteiger partial charge in [-0.3, -0.25) is 4.90 Å². The van der Waals surface area contributed by atoms with Crippen LogP contribution in [0.2, 0.25) is 0 Å². The van der Waals surface area contributed by atoms with Gasteiger partial charge in [-0.05, 0) is 42.6 Å². The lowest BCUT2D eigenvalue weighted by atomic mass is 10.1. The summed E-state index contributed by atoms with van der Waals surface area (Å²) in [6.45, 7) is 2.22. The summed E-state index contributed by atoms with van der Waals surface area (Å²) in [7, 11) is 0. The van der Waals surface area contributed by atoms with Crippen LogP contribution < -0.4 is 5.73 Å². The minimum Gasteiger partial charge on any atom is -0.337 e. The highest BCUT2D eigenvalue weighted by atomic mass is 19.1. The van der Waals surface area contributed by atoms with E-state index in [0.29, 0.717) is 18.3 Å². The molecule has 1 aromatic heterocycles. The summed E-state index contributed by atoms with van der Waals surface area (Å²) < 4.78 is 18.7. The summed E-state index contributed by atoms with van der Waals surface area (Å²) in [5.74, 6) is 1.02. The molecule has 3 aromatic rings. The number of rotatable bonds is 5. The number of halogens is 1. The van der Waals surface area contributed by atoms with Gasteiger partial charge in [0.25, 0.3) is 0 Å². The first-order valence-corrected chi connectivity index (χ1v) is 8.84. The van der Waals surface area contributed by atoms with Crippen molar-refractivity contribution in [1.29, 1.82) is 0 Å². The zero-order valence-electron chi connectivity index (χ0n) is 14.4. The van der Waals surface area contributed by atoms with Crippen LogP contribution in [0.3, 0.4) is 0 Å². The number of benzene rings is 2. The van der Waals surface area contributed by atoms with Crippen LogP contribution in [0.1, 0.15) is 35.9 Å². The summed E-state index contributed by atoms with van der Waals surface area (Å²) in [5, 5.41) is 4.15. The second-order valence-electron chi connectivity index (χ2n) is 6.61. The SMILES string of the molecule is NCc1ccc(-c2noc(C3CCCN3Cc3ccc(F)cc3)n2)cc1. The van der Waals surface area contributed by atoms with Gasteiger partial charge >= 0.3 is 0 Å². The molecule has 1 fully saturated rings. The Kier molecular flexibility index (Phi) is 4.77. The zero-order valence-corrected chi connectivity index (χ0v) is 14.4. The fraction of sp³-hybridized carbons (Fsp3) is 0.300. The lowest BCUT2D eigenvalue weighted by molar-refractivity contribution is 0.201. The molecule has 1 atom stereocenters. The molecule has 2 heterocycles. The summed E-state index contributed by atoms with van der Waals surface area (Å²) in [5.41, 5.74) is 8.70. The van der Waals surface area contributed by atoms with E-state index >= 15 is 0 Å². The predicted octanol–water partition coefficient (Wildman–Crippen LogP) is 3.67. The molecule has 1 unspecified atom stereocenters. The van der Waals surface area contributed by atoms with Gasteiger partial charge in [-0.1, -0.05) is 41.6 Å². The van der Waals surface area contributed by atoms with Crippen molar-refractivity contribution in [2.45, 2.75) is 32.0 Å². The molecule has 1 saturated heterocycles. The van der Waals surface area contributed by atoms with Crippen LogP contribution in [0.25, 0.3) is 11.4 Å². The van der Waals surface area contributed by atoms with Crippen molar-refractivity contribution in [3.63, 3.8) is 0 Å². The van der Waals surface area contributed by atoms with Gasteiger partial charge in [-0.25, -0.2) is 4.39 Å². The Bertz CT molecular complexity index is 860. The maximum atomic E-state index is 13.1. The van der Waals surface area contributed by atoms with Gasteiger partial charge < -0.3 is 10.3 Å². The molecule has 2 N–H and O–H groups in total. The summed E-state index contributed by atoms with van der Waals surface area (Å²) in [6.07, 6.45) is 2.06. The van der Waals surface area contributed by atoms with Crippen LogP contribution >= 0.6 is 0 Å². The quantitative estimate of drug-likeness (QED) is 0.759. The lowest BCUT2D eigenvalue weighted by Crippen LogP contribution is -2.23. The maximum Gasteiger partial charge on any atom is 0.244 e. The third kappa shape index (κ3) is 3.52. The molecule has 0 amide bonds. The average Bonchev–Trinajstić information content (AvgIpc) is 3.33. The number of hydrogen-bond donors (Lipinski definition) is 1. The topological polar surface area (TPSA) is 68.2 Å². The van der Waals surface area contributed by atoms with Gasteiger partial charge in [0.2, 0.25) is 11.7 Å². The van der Waals surface area contributed by atoms with Gasteiger partial charge in [0.15, 0.2) is 0 Å². The molecule has 0 spiro atoms. The number of hydrogen-bond acceptors (Lipinski definition) is 5. The Morgan fingerprint density at radius 1 is 1.08 bits per heavy atom. The van der Waals surface area contributed by atoms with E-state index in [1.807, 2.05) is 36.4 Å². The van der Waals surface area contributed by atoms with Gasteiger partial charge in [0.1, 0.15) is 5.82 Å². The standard InChI is InChI=1S/C20H21FN4O/c21-17-9-5-15(6-10-17)13-25-11-1-2-18(25)20-23-19(24-26-20)16-7-3-14(12-22)4-8-16/h3-10,18H,1-2,11-13,22H2. The molecule has 2 aromatic carbocycles. The molecule has 0 aliphatic carbocycles. The van der Waals surface area contributed by atoms with Crippen LogP contribution in [-0.4, -0.2) is 21.6 Å². The van der Waals surface area contributed by atoms with Crippen molar-refractivity contribution in [3.05, 3.63) is 71.4 Å². The van der Waals surface area contributed by atoms with E-state index in [2.05, 4.69) is 15.0 Å². The smallest absolute Gasteiger partial charge is 0.244 e. The highest BCUT2D eigenvalue weighted by Gasteiger charge is 2.30. The molecule has 0 saturated carbocycles. The molecule has 4 rings (SSSR count). The summed E-state index contributed by atoms with van der Waals surface area (Å²) in [4.78, 5) is 6.92. The molecule has 0 radical (unpaired) electrons. The molecular weight excluding hydrogens is 331 g/mol. The van der Waals surface area contributed by atoms with Crippen molar-refractivity contribution in [3.8, 4) is 11.4 Å². The van der Waals surface area contributed by atoms with Crippen molar-refractivity contribution >= 4 is 0 Å². The van der Waals surface area contributed by atoms with Gasteiger partial charge in [-0.2, -0.15) is 4.98 Å². The Morgan fingerprint density at radius 3 is 2.54 bits per heavy atom. The molecule has 1 aliphatic rings. The second kappa shape index (κ2) is 7.35. The Balaban J connectivity index is 1.51. The Labute approximate surface area is 151 Å². The van der Waals surface area contributed by atoms with E-state index in [1.54, 1.807) is 0 Å². The van der Waals surface area contributed by atoms with Gasteiger partial charge in [-0.15, -0.1) is 0 Å². The minimum atomic E-state index is -0.214. The molecule has 5 nitrogen and oxygen atoms in total. The summed E-state index contributed by atoms with van der Waals surface area (Å²) >= 11 is 0. The van der Waals surface area contributed by atoms with Crippen LogP contribution in [0.15, 0.2) is 53.1 Å². The van der Waals surface area contributed by atoms with E-state index in [4.69, 9.17) is 10.3 Å². The zero-order chi connectivity index (χ0) is 17.9. The number of nitrogens with two attached hydrogens (primary N) is 1. The fourth-order valence-electron chi connectivity index (χ4n) is 3.40. The van der Waals surface area contributed by atoms with Crippen LogP contribution in [0.4, 0.5) is 4.39 Å². The van der Waals surface area contributed by atoms with Crippen LogP contribution in [-0.2, 0) is 13.1 Å². The van der Waals surface area contributed by atoms with Gasteiger partial charge in [0, 0.05) is 18.7 Å². The molecular formula is C20H21FN4O. The molecule has 0 bridgehead atoms. The Morgan fingerprint density at radius 2 is 1.81 bits per heavy atom. The highest BCUT2D eigenvalue weighted by molar-refractivity contribution is 5.54. The monoisotopic (exact) mass is 352 g/mol. The minimum absolute atomic E-state index is 0.101.